The van der Waals surface area contributed by atoms with Crippen molar-refractivity contribution in [3.05, 3.63) is 29.3 Å². The summed E-state index contributed by atoms with van der Waals surface area (Å²) in [5.74, 6) is -0.117. The zero-order valence-electron chi connectivity index (χ0n) is 10.4. The molecule has 0 radical (unpaired) electrons. The predicted molar refractivity (Wildman–Crippen MR) is 68.8 cm³/mol. The van der Waals surface area contributed by atoms with Crippen molar-refractivity contribution in [2.24, 2.45) is 0 Å². The second-order valence-corrected chi connectivity index (χ2v) is 4.16. The largest absolute Gasteiger partial charge is 0.399 e. The number of carbonyl (C=O) groups excluding carboxylic acids is 1. The minimum absolute atomic E-state index is 0.0189. The lowest BCUT2D eigenvalue weighted by molar-refractivity contribution is 0.0929. The summed E-state index contributed by atoms with van der Waals surface area (Å²) in [4.78, 5) is 11.9. The molecule has 1 aromatic carbocycles. The molecule has 1 rings (SSSR count). The van der Waals surface area contributed by atoms with E-state index in [4.69, 9.17) is 10.8 Å². The van der Waals surface area contributed by atoms with E-state index in [0.29, 0.717) is 17.7 Å². The SMILES string of the molecule is CCC(CCO)NC(=O)c1ccc(N)c(C)c1. The lowest BCUT2D eigenvalue weighted by Gasteiger charge is -2.16. The number of hydrogen-bond acceptors (Lipinski definition) is 3. The van der Waals surface area contributed by atoms with Crippen LogP contribution in [0.2, 0.25) is 0 Å². The van der Waals surface area contributed by atoms with E-state index in [9.17, 15) is 4.79 Å². The summed E-state index contributed by atoms with van der Waals surface area (Å²) in [6.45, 7) is 3.94. The smallest absolute Gasteiger partial charge is 0.251 e. The van der Waals surface area contributed by atoms with Crippen LogP contribution in [0.4, 0.5) is 5.69 Å². The Labute approximate surface area is 102 Å². The van der Waals surface area contributed by atoms with Gasteiger partial charge in [-0.2, -0.15) is 0 Å². The van der Waals surface area contributed by atoms with Crippen molar-refractivity contribution in [1.29, 1.82) is 0 Å². The molecule has 0 fully saturated rings. The van der Waals surface area contributed by atoms with Gasteiger partial charge in [-0.15, -0.1) is 0 Å². The van der Waals surface area contributed by atoms with Crippen LogP contribution in [0.1, 0.15) is 35.7 Å². The molecule has 1 amide bonds. The normalized spacial score (nSPS) is 12.2. The summed E-state index contributed by atoms with van der Waals surface area (Å²) in [5.41, 5.74) is 7.88. The molecule has 17 heavy (non-hydrogen) atoms. The maximum absolute atomic E-state index is 11.9. The van der Waals surface area contributed by atoms with Gasteiger partial charge in [0.2, 0.25) is 0 Å². The minimum atomic E-state index is -0.117. The van der Waals surface area contributed by atoms with E-state index in [0.717, 1.165) is 12.0 Å². The fraction of sp³-hybridized carbons (Fsp3) is 0.462. The van der Waals surface area contributed by atoms with Crippen molar-refractivity contribution in [1.82, 2.24) is 5.32 Å². The Morgan fingerprint density at radius 2 is 2.24 bits per heavy atom. The molecule has 1 atom stereocenters. The number of hydrogen-bond donors (Lipinski definition) is 3. The summed E-state index contributed by atoms with van der Waals surface area (Å²) in [5, 5.41) is 11.8. The van der Waals surface area contributed by atoms with Crippen molar-refractivity contribution < 1.29 is 9.90 Å². The summed E-state index contributed by atoms with van der Waals surface area (Å²) in [6, 6.07) is 5.24. The third-order valence-corrected chi connectivity index (χ3v) is 2.84. The zero-order chi connectivity index (χ0) is 12.8. The van der Waals surface area contributed by atoms with Gasteiger partial charge in [0.05, 0.1) is 0 Å². The van der Waals surface area contributed by atoms with Crippen LogP contribution in [0.25, 0.3) is 0 Å². The van der Waals surface area contributed by atoms with Crippen LogP contribution in [0.5, 0.6) is 0 Å². The number of benzene rings is 1. The third-order valence-electron chi connectivity index (χ3n) is 2.84. The number of amides is 1. The number of carbonyl (C=O) groups is 1. The molecule has 0 aliphatic rings. The van der Waals surface area contributed by atoms with Crippen LogP contribution < -0.4 is 11.1 Å². The van der Waals surface area contributed by atoms with Gasteiger partial charge in [-0.25, -0.2) is 0 Å². The van der Waals surface area contributed by atoms with E-state index in [2.05, 4.69) is 5.32 Å². The molecule has 0 spiro atoms. The Balaban J connectivity index is 2.72. The molecule has 0 bridgehead atoms. The van der Waals surface area contributed by atoms with E-state index in [1.54, 1.807) is 18.2 Å². The Kier molecular flexibility index (Phi) is 4.97. The first-order valence-corrected chi connectivity index (χ1v) is 5.86. The average molecular weight is 236 g/mol. The fourth-order valence-electron chi connectivity index (χ4n) is 1.62. The Bertz CT molecular complexity index is 391. The van der Waals surface area contributed by atoms with Gasteiger partial charge in [0.15, 0.2) is 0 Å². The van der Waals surface area contributed by atoms with Gasteiger partial charge in [-0.05, 0) is 43.5 Å². The van der Waals surface area contributed by atoms with Crippen LogP contribution >= 0.6 is 0 Å². The molecule has 0 heterocycles. The molecule has 0 saturated carbocycles. The molecule has 4 heteroatoms. The molecule has 4 nitrogen and oxygen atoms in total. The molecule has 0 aromatic heterocycles. The number of nitrogens with two attached hydrogens (primary N) is 1. The van der Waals surface area contributed by atoms with Crippen LogP contribution in [0.15, 0.2) is 18.2 Å². The van der Waals surface area contributed by atoms with Crippen LogP contribution in [0.3, 0.4) is 0 Å². The highest BCUT2D eigenvalue weighted by Crippen LogP contribution is 2.13. The Morgan fingerprint density at radius 3 is 2.76 bits per heavy atom. The quantitative estimate of drug-likeness (QED) is 0.678. The summed E-state index contributed by atoms with van der Waals surface area (Å²) < 4.78 is 0. The van der Waals surface area contributed by atoms with Crippen LogP contribution in [0, 0.1) is 6.92 Å². The van der Waals surface area contributed by atoms with Gasteiger partial charge in [-0.3, -0.25) is 4.79 Å². The van der Waals surface area contributed by atoms with Crippen LogP contribution in [-0.2, 0) is 0 Å². The number of aliphatic hydroxyl groups excluding tert-OH is 1. The van der Waals surface area contributed by atoms with Crippen molar-refractivity contribution in [2.75, 3.05) is 12.3 Å². The molecular formula is C13H20N2O2. The van der Waals surface area contributed by atoms with E-state index in [-0.39, 0.29) is 18.6 Å². The summed E-state index contributed by atoms with van der Waals surface area (Å²) in [7, 11) is 0. The van der Waals surface area contributed by atoms with Crippen molar-refractivity contribution in [3.8, 4) is 0 Å². The standard InChI is InChI=1S/C13H20N2O2/c1-3-11(6-7-16)15-13(17)10-4-5-12(14)9(2)8-10/h4-5,8,11,16H,3,6-7,14H2,1-2H3,(H,15,17). The first-order chi connectivity index (χ1) is 8.08. The lowest BCUT2D eigenvalue weighted by Crippen LogP contribution is -2.35. The average Bonchev–Trinajstić information content (AvgIpc) is 2.31. The molecule has 1 unspecified atom stereocenters. The molecule has 0 aliphatic heterocycles. The van der Waals surface area contributed by atoms with E-state index in [1.807, 2.05) is 13.8 Å². The number of aliphatic hydroxyl groups is 1. The molecule has 0 saturated heterocycles. The molecular weight excluding hydrogens is 216 g/mol. The molecule has 94 valence electrons. The first-order valence-electron chi connectivity index (χ1n) is 5.86. The maximum Gasteiger partial charge on any atom is 0.251 e. The van der Waals surface area contributed by atoms with Gasteiger partial charge in [0.1, 0.15) is 0 Å². The van der Waals surface area contributed by atoms with Crippen molar-refractivity contribution >= 4 is 11.6 Å². The minimum Gasteiger partial charge on any atom is -0.399 e. The number of nitrogens with one attached hydrogen (secondary N) is 1. The Morgan fingerprint density at radius 1 is 1.53 bits per heavy atom. The highest BCUT2D eigenvalue weighted by atomic mass is 16.3. The highest BCUT2D eigenvalue weighted by Gasteiger charge is 2.12. The number of nitrogen functional groups attached to an aromatic ring is 1. The lowest BCUT2D eigenvalue weighted by atomic mass is 10.1. The molecule has 1 aromatic rings. The number of anilines is 1. The summed E-state index contributed by atoms with van der Waals surface area (Å²) in [6.07, 6.45) is 1.39. The van der Waals surface area contributed by atoms with E-state index < -0.39 is 0 Å². The van der Waals surface area contributed by atoms with Crippen molar-refractivity contribution in [2.45, 2.75) is 32.7 Å². The predicted octanol–water partition coefficient (Wildman–Crippen LogP) is 1.47. The van der Waals surface area contributed by atoms with Gasteiger partial charge in [-0.1, -0.05) is 6.92 Å². The Hall–Kier alpha value is -1.55. The molecule has 4 N–H and O–H groups in total. The van der Waals surface area contributed by atoms with Crippen LogP contribution in [-0.4, -0.2) is 23.7 Å². The van der Waals surface area contributed by atoms with Gasteiger partial charge >= 0.3 is 0 Å². The number of aryl methyl sites for hydroxylation is 1. The van der Waals surface area contributed by atoms with Gasteiger partial charge in [0.25, 0.3) is 5.91 Å². The van der Waals surface area contributed by atoms with E-state index in [1.165, 1.54) is 0 Å². The van der Waals surface area contributed by atoms with Crippen molar-refractivity contribution in [3.63, 3.8) is 0 Å². The maximum atomic E-state index is 11.9. The summed E-state index contributed by atoms with van der Waals surface area (Å²) >= 11 is 0. The van der Waals surface area contributed by atoms with Gasteiger partial charge < -0.3 is 16.2 Å². The fourth-order valence-corrected chi connectivity index (χ4v) is 1.62. The zero-order valence-corrected chi connectivity index (χ0v) is 10.4. The molecule has 0 aliphatic carbocycles. The second kappa shape index (κ2) is 6.25. The second-order valence-electron chi connectivity index (χ2n) is 4.16. The third kappa shape index (κ3) is 3.75. The first kappa shape index (κ1) is 13.5. The number of rotatable bonds is 5. The van der Waals surface area contributed by atoms with E-state index >= 15 is 0 Å². The van der Waals surface area contributed by atoms with Gasteiger partial charge in [0, 0.05) is 23.9 Å². The monoisotopic (exact) mass is 236 g/mol. The topological polar surface area (TPSA) is 75.3 Å². The highest BCUT2D eigenvalue weighted by molar-refractivity contribution is 5.95.